The van der Waals surface area contributed by atoms with E-state index in [1.54, 1.807) is 49.6 Å². The number of amides is 1. The number of hydrogen-bond donors (Lipinski definition) is 2. The fourth-order valence-corrected chi connectivity index (χ4v) is 4.82. The molecule has 0 fully saturated rings. The SMILES string of the molecule is CCOC(=O)C1=C(N)OC2=C(C(=O)CC(c3ccco3)C2)C12C(=O)Nc1ccccc12. The number of para-hydroxylation sites is 1. The number of benzene rings is 1. The largest absolute Gasteiger partial charge is 0.469 e. The number of esters is 1. The molecule has 2 aromatic rings. The van der Waals surface area contributed by atoms with E-state index in [0.717, 1.165) is 0 Å². The Hall–Kier alpha value is -3.81. The number of carbonyl (C=O) groups is 3. The summed E-state index contributed by atoms with van der Waals surface area (Å²) in [5.74, 6) is -1.20. The predicted molar refractivity (Wildman–Crippen MR) is 108 cm³/mol. The van der Waals surface area contributed by atoms with E-state index >= 15 is 0 Å². The highest BCUT2D eigenvalue weighted by atomic mass is 16.5. The standard InChI is InChI=1S/C23H20N2O6/c1-2-29-21(27)19-20(24)31-17-11-12(16-8-5-9-30-16)10-15(26)18(17)23(19)13-6-3-4-7-14(13)25-22(23)28/h3-9,12H,2,10-11,24H2,1H3,(H,25,28). The minimum Gasteiger partial charge on any atom is -0.469 e. The molecule has 31 heavy (non-hydrogen) atoms. The van der Waals surface area contributed by atoms with Crippen molar-refractivity contribution in [2.45, 2.75) is 31.1 Å². The number of ketones is 1. The molecule has 1 aromatic carbocycles. The average molecular weight is 420 g/mol. The summed E-state index contributed by atoms with van der Waals surface area (Å²) in [6, 6.07) is 10.5. The molecule has 0 saturated carbocycles. The molecule has 2 atom stereocenters. The zero-order valence-electron chi connectivity index (χ0n) is 16.8. The van der Waals surface area contributed by atoms with Crippen LogP contribution in [-0.2, 0) is 29.3 Å². The molecule has 0 saturated heterocycles. The first-order chi connectivity index (χ1) is 15.0. The van der Waals surface area contributed by atoms with E-state index in [-0.39, 0.29) is 47.5 Å². The van der Waals surface area contributed by atoms with Crippen molar-refractivity contribution in [3.05, 3.63) is 76.8 Å². The fourth-order valence-electron chi connectivity index (χ4n) is 4.82. The number of nitrogens with one attached hydrogen (secondary N) is 1. The second-order valence-electron chi connectivity index (χ2n) is 7.65. The number of allylic oxidation sites excluding steroid dienone is 1. The predicted octanol–water partition coefficient (Wildman–Crippen LogP) is 2.63. The lowest BCUT2D eigenvalue weighted by Crippen LogP contribution is -2.49. The van der Waals surface area contributed by atoms with Crippen molar-refractivity contribution in [3.63, 3.8) is 0 Å². The Morgan fingerprint density at radius 3 is 2.77 bits per heavy atom. The maximum atomic E-state index is 13.5. The molecule has 2 aliphatic heterocycles. The molecule has 1 spiro atoms. The molecule has 8 heteroatoms. The molecule has 3 N–H and O–H groups in total. The van der Waals surface area contributed by atoms with E-state index in [4.69, 9.17) is 19.6 Å². The number of anilines is 1. The summed E-state index contributed by atoms with van der Waals surface area (Å²) >= 11 is 0. The highest BCUT2D eigenvalue weighted by molar-refractivity contribution is 6.22. The van der Waals surface area contributed by atoms with Crippen LogP contribution in [0.15, 0.2) is 69.9 Å². The summed E-state index contributed by atoms with van der Waals surface area (Å²) in [6.45, 7) is 1.73. The number of carbonyl (C=O) groups excluding carboxylic acids is 3. The van der Waals surface area contributed by atoms with E-state index in [2.05, 4.69) is 5.32 Å². The molecule has 0 bridgehead atoms. The van der Waals surface area contributed by atoms with Crippen LogP contribution < -0.4 is 11.1 Å². The van der Waals surface area contributed by atoms with Gasteiger partial charge in [0, 0.05) is 30.0 Å². The third-order valence-corrected chi connectivity index (χ3v) is 6.00. The summed E-state index contributed by atoms with van der Waals surface area (Å²) in [5, 5.41) is 2.80. The van der Waals surface area contributed by atoms with Crippen molar-refractivity contribution < 1.29 is 28.3 Å². The summed E-state index contributed by atoms with van der Waals surface area (Å²) in [5.41, 5.74) is 5.45. The van der Waals surface area contributed by atoms with Crippen molar-refractivity contribution in [2.24, 2.45) is 5.73 Å². The van der Waals surface area contributed by atoms with Gasteiger partial charge in [-0.25, -0.2) is 4.79 Å². The Bertz CT molecular complexity index is 1180. The monoisotopic (exact) mass is 420 g/mol. The van der Waals surface area contributed by atoms with Gasteiger partial charge < -0.3 is 24.9 Å². The second-order valence-corrected chi connectivity index (χ2v) is 7.65. The van der Waals surface area contributed by atoms with Gasteiger partial charge in [0.15, 0.2) is 5.78 Å². The Labute approximate surface area is 177 Å². The molecule has 3 aliphatic rings. The molecule has 158 valence electrons. The number of fused-ring (bicyclic) bond motifs is 3. The lowest BCUT2D eigenvalue weighted by Gasteiger charge is -2.39. The average Bonchev–Trinajstić information content (AvgIpc) is 3.36. The topological polar surface area (TPSA) is 121 Å². The molecule has 3 heterocycles. The molecular formula is C23H20N2O6. The smallest absolute Gasteiger partial charge is 0.341 e. The first kappa shape index (κ1) is 19.2. The van der Waals surface area contributed by atoms with Gasteiger partial charge in [-0.15, -0.1) is 0 Å². The third-order valence-electron chi connectivity index (χ3n) is 6.00. The summed E-state index contributed by atoms with van der Waals surface area (Å²) in [7, 11) is 0. The van der Waals surface area contributed by atoms with Crippen molar-refractivity contribution >= 4 is 23.3 Å². The normalized spacial score (nSPS) is 24.6. The van der Waals surface area contributed by atoms with Crippen LogP contribution in [-0.4, -0.2) is 24.3 Å². The summed E-state index contributed by atoms with van der Waals surface area (Å²) in [4.78, 5) is 40.0. The van der Waals surface area contributed by atoms with Gasteiger partial charge in [-0.05, 0) is 25.1 Å². The van der Waals surface area contributed by atoms with Crippen molar-refractivity contribution in [3.8, 4) is 0 Å². The number of ether oxygens (including phenoxy) is 2. The Morgan fingerprint density at radius 1 is 1.23 bits per heavy atom. The number of hydrogen-bond acceptors (Lipinski definition) is 7. The quantitative estimate of drug-likeness (QED) is 0.732. The van der Waals surface area contributed by atoms with E-state index in [1.807, 2.05) is 0 Å². The van der Waals surface area contributed by atoms with E-state index in [0.29, 0.717) is 23.4 Å². The maximum absolute atomic E-state index is 13.5. The number of furan rings is 1. The van der Waals surface area contributed by atoms with Gasteiger partial charge in [0.25, 0.3) is 0 Å². The van der Waals surface area contributed by atoms with Crippen molar-refractivity contribution in [1.82, 2.24) is 0 Å². The van der Waals surface area contributed by atoms with Crippen LogP contribution in [0.5, 0.6) is 0 Å². The van der Waals surface area contributed by atoms with E-state index < -0.39 is 17.3 Å². The molecule has 2 unspecified atom stereocenters. The zero-order chi connectivity index (χ0) is 21.8. The lowest BCUT2D eigenvalue weighted by molar-refractivity contribution is -0.141. The van der Waals surface area contributed by atoms with Crippen molar-refractivity contribution in [2.75, 3.05) is 11.9 Å². The summed E-state index contributed by atoms with van der Waals surface area (Å²) < 4.78 is 16.5. The zero-order valence-corrected chi connectivity index (χ0v) is 16.8. The van der Waals surface area contributed by atoms with E-state index in [9.17, 15) is 14.4 Å². The van der Waals surface area contributed by atoms with Crippen LogP contribution in [0, 0.1) is 0 Å². The van der Waals surface area contributed by atoms with E-state index in [1.165, 1.54) is 0 Å². The van der Waals surface area contributed by atoms with Crippen LogP contribution in [0.1, 0.15) is 37.0 Å². The van der Waals surface area contributed by atoms with Gasteiger partial charge >= 0.3 is 5.97 Å². The number of rotatable bonds is 3. The van der Waals surface area contributed by atoms with Crippen LogP contribution >= 0.6 is 0 Å². The number of Topliss-reactive ketones (excluding diaryl/α,β-unsaturated/α-hetero) is 1. The highest BCUT2D eigenvalue weighted by Crippen LogP contribution is 2.55. The third kappa shape index (κ3) is 2.57. The molecule has 1 aliphatic carbocycles. The molecule has 0 radical (unpaired) electrons. The second kappa shape index (κ2) is 6.87. The van der Waals surface area contributed by atoms with Crippen molar-refractivity contribution in [1.29, 1.82) is 0 Å². The highest BCUT2D eigenvalue weighted by Gasteiger charge is 2.62. The maximum Gasteiger partial charge on any atom is 0.341 e. The van der Waals surface area contributed by atoms with Crippen LogP contribution in [0.3, 0.4) is 0 Å². The van der Waals surface area contributed by atoms with Gasteiger partial charge in [-0.1, -0.05) is 18.2 Å². The lowest BCUT2D eigenvalue weighted by atomic mass is 9.63. The first-order valence-electron chi connectivity index (χ1n) is 10.0. The van der Waals surface area contributed by atoms with Gasteiger partial charge in [0.05, 0.1) is 18.4 Å². The van der Waals surface area contributed by atoms with Crippen LogP contribution in [0.2, 0.25) is 0 Å². The van der Waals surface area contributed by atoms with Gasteiger partial charge in [0.1, 0.15) is 22.5 Å². The fraction of sp³-hybridized carbons (Fsp3) is 0.261. The van der Waals surface area contributed by atoms with Gasteiger partial charge in [-0.3, -0.25) is 9.59 Å². The minimum atomic E-state index is -1.72. The molecule has 5 rings (SSSR count). The van der Waals surface area contributed by atoms with Crippen LogP contribution in [0.25, 0.3) is 0 Å². The molecule has 1 amide bonds. The van der Waals surface area contributed by atoms with Crippen LogP contribution in [0.4, 0.5) is 5.69 Å². The molecular weight excluding hydrogens is 400 g/mol. The van der Waals surface area contributed by atoms with Gasteiger partial charge in [0.2, 0.25) is 11.8 Å². The molecule has 8 nitrogen and oxygen atoms in total. The molecule has 1 aromatic heterocycles. The first-order valence-corrected chi connectivity index (χ1v) is 10.0. The Balaban J connectivity index is 1.75. The summed E-state index contributed by atoms with van der Waals surface area (Å²) in [6.07, 6.45) is 1.96. The Morgan fingerprint density at radius 2 is 2.03 bits per heavy atom. The minimum absolute atomic E-state index is 0.0787. The number of nitrogens with two attached hydrogens (primary N) is 1. The Kier molecular flexibility index (Phi) is 4.25. The van der Waals surface area contributed by atoms with Gasteiger partial charge in [-0.2, -0.15) is 0 Å².